The van der Waals surface area contributed by atoms with Crippen LogP contribution in [0.2, 0.25) is 0 Å². The summed E-state index contributed by atoms with van der Waals surface area (Å²) in [5.41, 5.74) is 9.12. The molecule has 0 fully saturated rings. The number of rotatable bonds is 17. The van der Waals surface area contributed by atoms with E-state index in [-0.39, 0.29) is 46.6 Å². The van der Waals surface area contributed by atoms with Crippen molar-refractivity contribution in [3.63, 3.8) is 0 Å². The fourth-order valence-corrected chi connectivity index (χ4v) is 10.4. The van der Waals surface area contributed by atoms with Gasteiger partial charge in [-0.2, -0.15) is 61.1 Å². The van der Waals surface area contributed by atoms with Gasteiger partial charge in [-0.15, -0.1) is 5.11 Å². The molecule has 0 saturated heterocycles. The number of aliphatic hydroxyl groups excluding tert-OH is 1. The van der Waals surface area contributed by atoms with Gasteiger partial charge in [-0.25, -0.2) is 0 Å². The fraction of sp³-hybridized carbons (Fsp3) is 0.182. The Morgan fingerprint density at radius 1 is 0.436 bits per heavy atom. The number of methoxy groups -OCH3 is 1. The lowest BCUT2D eigenvalue weighted by molar-refractivity contribution is -0.117. The van der Waals surface area contributed by atoms with E-state index >= 15 is 0 Å². The number of ketones is 1. The minimum absolute atomic E-state index is 0.0185. The molecule has 0 radical (unpaired) electrons. The van der Waals surface area contributed by atoms with E-state index in [1.165, 1.54) is 31.4 Å². The quantitative estimate of drug-likeness (QED) is 0.0489. The molecule has 23 heteroatoms. The minimum atomic E-state index is -4.84. The zero-order valence-electron chi connectivity index (χ0n) is 42.9. The Bertz CT molecular complexity index is 4260. The molecule has 0 aliphatic heterocycles. The van der Waals surface area contributed by atoms with Gasteiger partial charge in [0.25, 0.3) is 30.4 Å². The molecule has 0 aliphatic rings. The predicted molar refractivity (Wildman–Crippen MR) is 293 cm³/mol. The van der Waals surface area contributed by atoms with Crippen LogP contribution < -0.4 is 4.74 Å². The second-order valence-electron chi connectivity index (χ2n) is 18.5. The molecule has 0 unspecified atom stereocenters. The summed E-state index contributed by atoms with van der Waals surface area (Å²) in [5.74, 6) is 0.278. The number of carbonyl (C=O) groups is 1. The average molecular weight is 1110 g/mol. The van der Waals surface area contributed by atoms with Gasteiger partial charge in [-0.3, -0.25) is 18.5 Å². The molecule has 0 spiro atoms. The molecule has 20 nitrogen and oxygen atoms in total. The number of benzene rings is 8. The van der Waals surface area contributed by atoms with Gasteiger partial charge in [0.15, 0.2) is 0 Å². The van der Waals surface area contributed by atoms with Gasteiger partial charge in [0.1, 0.15) is 27.0 Å². The van der Waals surface area contributed by atoms with Crippen molar-refractivity contribution >= 4 is 103 Å². The molecule has 0 amide bonds. The maximum atomic E-state index is 13.7. The Hall–Kier alpha value is -8.16. The fourth-order valence-electron chi connectivity index (χ4n) is 8.52. The second kappa shape index (κ2) is 22.4. The lowest BCUT2D eigenvalue weighted by Gasteiger charge is -2.13. The van der Waals surface area contributed by atoms with Crippen LogP contribution in [-0.4, -0.2) is 56.9 Å². The first-order chi connectivity index (χ1) is 36.8. The van der Waals surface area contributed by atoms with Crippen LogP contribution in [0.5, 0.6) is 5.75 Å². The van der Waals surface area contributed by atoms with Gasteiger partial charge in [-0.05, 0) is 181 Å². The second-order valence-corrected chi connectivity index (χ2v) is 22.7. The molecule has 0 saturated carbocycles. The minimum Gasteiger partial charge on any atom is -0.496 e. The number of fused-ring (bicyclic) bond motifs is 2. The van der Waals surface area contributed by atoms with E-state index in [1.54, 1.807) is 68.4 Å². The van der Waals surface area contributed by atoms with Crippen molar-refractivity contribution in [2.75, 3.05) is 7.11 Å². The Balaban J connectivity index is 0.937. The first-order valence-electron chi connectivity index (χ1n) is 23.6. The molecule has 78 heavy (non-hydrogen) atoms. The first kappa shape index (κ1) is 56.1. The molecule has 4 N–H and O–H groups in total. The van der Waals surface area contributed by atoms with E-state index in [0.717, 1.165) is 40.3 Å². The van der Waals surface area contributed by atoms with Crippen LogP contribution >= 0.6 is 0 Å². The third-order valence-corrected chi connectivity index (χ3v) is 15.4. The van der Waals surface area contributed by atoms with E-state index in [2.05, 4.69) is 40.9 Å². The van der Waals surface area contributed by atoms with Crippen molar-refractivity contribution in [3.05, 3.63) is 165 Å². The molecule has 400 valence electrons. The molecule has 0 aromatic heterocycles. The molecular formula is C55H50N8O12S3. The molecule has 8 rings (SSSR count). The Kier molecular flexibility index (Phi) is 16.1. The van der Waals surface area contributed by atoms with E-state index < -0.39 is 40.1 Å². The molecule has 0 atom stereocenters. The maximum absolute atomic E-state index is 13.7. The van der Waals surface area contributed by atoms with E-state index in [9.17, 15) is 48.8 Å². The number of aryl methyl sites for hydroxylation is 6. The van der Waals surface area contributed by atoms with Crippen molar-refractivity contribution in [3.8, 4) is 5.75 Å². The third-order valence-electron chi connectivity index (χ3n) is 12.7. The maximum Gasteiger partial charge on any atom is 0.296 e. The highest BCUT2D eigenvalue weighted by molar-refractivity contribution is 7.86. The van der Waals surface area contributed by atoms with E-state index in [0.29, 0.717) is 84.3 Å². The molecule has 0 aliphatic carbocycles. The van der Waals surface area contributed by atoms with Gasteiger partial charge in [0.05, 0.1) is 58.4 Å². The zero-order valence-corrected chi connectivity index (χ0v) is 45.4. The SMILES string of the molecule is COc1cc(N=Nc2cc(C)c(N=Nc3cc4c(S(=O)(=O)O)cccc4cc3S(=O)(=O)O)cc2C)c(C)cc1CC(=O)Cc1cc(C)c(N=Nc2cc(C)c(N=Nc3ccc4cc(S(=O)(=O)O)ccc4c3)cc2C)cc1CO. The molecule has 8 aromatic carbocycles. The zero-order chi connectivity index (χ0) is 56.4. The summed E-state index contributed by atoms with van der Waals surface area (Å²) >= 11 is 0. The van der Waals surface area contributed by atoms with Crippen LogP contribution in [0.25, 0.3) is 21.5 Å². The number of ether oxygens (including phenoxy) is 1. The molecule has 0 bridgehead atoms. The average Bonchev–Trinajstić information content (AvgIpc) is 3.37. The van der Waals surface area contributed by atoms with Gasteiger partial charge < -0.3 is 9.84 Å². The predicted octanol–water partition coefficient (Wildman–Crippen LogP) is 14.1. The highest BCUT2D eigenvalue weighted by Gasteiger charge is 2.22. The Labute approximate surface area is 449 Å². The van der Waals surface area contributed by atoms with Crippen LogP contribution in [0.15, 0.2) is 171 Å². The van der Waals surface area contributed by atoms with Gasteiger partial charge >= 0.3 is 0 Å². The van der Waals surface area contributed by atoms with Crippen molar-refractivity contribution < 1.29 is 53.5 Å². The van der Waals surface area contributed by atoms with E-state index in [1.807, 2.05) is 45.9 Å². The van der Waals surface area contributed by atoms with Crippen molar-refractivity contribution in [2.24, 2.45) is 40.9 Å². The van der Waals surface area contributed by atoms with Gasteiger partial charge in [0, 0.05) is 29.9 Å². The number of aliphatic hydroxyl groups is 1. The van der Waals surface area contributed by atoms with E-state index in [4.69, 9.17) is 4.74 Å². The molecular weight excluding hydrogens is 1060 g/mol. The van der Waals surface area contributed by atoms with Gasteiger partial charge in [0.2, 0.25) is 0 Å². The lowest BCUT2D eigenvalue weighted by Crippen LogP contribution is -2.10. The van der Waals surface area contributed by atoms with Crippen LogP contribution in [0.3, 0.4) is 0 Å². The number of nitrogens with zero attached hydrogens (tertiary/aromatic N) is 8. The molecule has 0 heterocycles. The highest BCUT2D eigenvalue weighted by Crippen LogP contribution is 2.38. The Morgan fingerprint density at radius 3 is 1.42 bits per heavy atom. The summed E-state index contributed by atoms with van der Waals surface area (Å²) < 4.78 is 107. The summed E-state index contributed by atoms with van der Waals surface area (Å²) in [6.07, 6.45) is 0.0398. The third kappa shape index (κ3) is 12.8. The topological polar surface area (TPSA) is 309 Å². The largest absolute Gasteiger partial charge is 0.496 e. The number of carbonyl (C=O) groups excluding carboxylic acids is 1. The summed E-state index contributed by atoms with van der Waals surface area (Å²) in [4.78, 5) is 12.4. The number of hydrogen-bond acceptors (Lipinski definition) is 17. The smallest absolute Gasteiger partial charge is 0.296 e. The van der Waals surface area contributed by atoms with Crippen LogP contribution in [0, 0.1) is 41.5 Å². The van der Waals surface area contributed by atoms with Crippen molar-refractivity contribution in [1.29, 1.82) is 0 Å². The van der Waals surface area contributed by atoms with Gasteiger partial charge in [-0.1, -0.05) is 30.3 Å². The van der Waals surface area contributed by atoms with Crippen molar-refractivity contribution in [2.45, 2.75) is 75.7 Å². The summed E-state index contributed by atoms with van der Waals surface area (Å²) in [6.45, 7) is 10.5. The summed E-state index contributed by atoms with van der Waals surface area (Å²) in [6, 6.07) is 29.5. The lowest BCUT2D eigenvalue weighted by atomic mass is 9.95. The number of azo groups is 4. The van der Waals surface area contributed by atoms with Crippen LogP contribution in [-0.2, 0) is 54.6 Å². The monoisotopic (exact) mass is 1110 g/mol. The van der Waals surface area contributed by atoms with Crippen LogP contribution in [0.4, 0.5) is 45.5 Å². The Morgan fingerprint density at radius 2 is 0.897 bits per heavy atom. The number of Topliss-reactive ketones (excluding diaryl/α,β-unsaturated/α-hetero) is 1. The normalized spacial score (nSPS) is 12.6. The summed E-state index contributed by atoms with van der Waals surface area (Å²) in [5, 5.41) is 46.9. The summed E-state index contributed by atoms with van der Waals surface area (Å²) in [7, 11) is -12.4. The van der Waals surface area contributed by atoms with Crippen molar-refractivity contribution in [1.82, 2.24) is 0 Å². The number of hydrogen-bond donors (Lipinski definition) is 4. The highest BCUT2D eigenvalue weighted by atomic mass is 32.2. The standard InChI is InChI=1S/C55H50N8O12S3/c1-30-15-39(41(29-64)25-50(30)61-58-47-18-32(3)46(17-33(47)4)57-56-42-13-11-37-24-44(76(66,67)68)14-12-36(37)21-42)22-43(65)23-40-16-31(2)51(28-53(40)75-7)62-59-48-19-35(6)49(20-34(48)5)60-63-52-27-45-38(26-55(52)78(72,73)74)9-8-10-54(45)77(69,70)71/h8-21,24-28,64H,22-23,29H2,1-7H3,(H,66,67,68)(H,69,70,71)(H,72,73,74). The first-order valence-corrected chi connectivity index (χ1v) is 28.0. The molecule has 8 aromatic rings. The van der Waals surface area contributed by atoms with Crippen LogP contribution in [0.1, 0.15) is 50.1 Å².